The molecule has 7 aromatic carbocycles. The summed E-state index contributed by atoms with van der Waals surface area (Å²) in [5.41, 5.74) is 7.35. The zero-order valence-electron chi connectivity index (χ0n) is 23.8. The summed E-state index contributed by atoms with van der Waals surface area (Å²) in [4.78, 5) is 6.78. The number of pyridine rings is 1. The molecule has 44 heavy (non-hydrogen) atoms. The fraction of sp³-hybridized carbons (Fsp3) is 0. The molecule has 9 aromatic rings. The predicted molar refractivity (Wildman–Crippen MR) is 184 cm³/mol. The van der Waals surface area contributed by atoms with E-state index in [2.05, 4.69) is 149 Å². The fourth-order valence-corrected chi connectivity index (χ4v) is 6.64. The van der Waals surface area contributed by atoms with Crippen molar-refractivity contribution in [2.24, 2.45) is 0 Å². The van der Waals surface area contributed by atoms with Gasteiger partial charge in [0, 0.05) is 39.9 Å². The molecule has 3 heteroatoms. The Balaban J connectivity index is 1.35. The lowest BCUT2D eigenvalue weighted by Crippen LogP contribution is -2.10. The van der Waals surface area contributed by atoms with Crippen molar-refractivity contribution in [2.75, 3.05) is 4.90 Å². The van der Waals surface area contributed by atoms with Crippen molar-refractivity contribution in [3.8, 4) is 11.1 Å². The number of furan rings is 1. The smallest absolute Gasteiger partial charge is 0.138 e. The van der Waals surface area contributed by atoms with Crippen LogP contribution in [0.3, 0.4) is 0 Å². The Hall–Kier alpha value is -5.93. The van der Waals surface area contributed by atoms with Gasteiger partial charge >= 0.3 is 0 Å². The molecule has 0 saturated heterocycles. The summed E-state index contributed by atoms with van der Waals surface area (Å²) in [5, 5.41) is 9.48. The molecule has 0 radical (unpaired) electrons. The second-order valence-electron chi connectivity index (χ2n) is 11.2. The first-order valence-electron chi connectivity index (χ1n) is 14.9. The van der Waals surface area contributed by atoms with Crippen LogP contribution < -0.4 is 4.90 Å². The molecular formula is C41H26N2O. The third kappa shape index (κ3) is 3.87. The highest BCUT2D eigenvalue weighted by Gasteiger charge is 2.20. The molecule has 0 N–H and O–H groups in total. The molecule has 9 rings (SSSR count). The number of benzene rings is 7. The van der Waals surface area contributed by atoms with Gasteiger partial charge in [0.1, 0.15) is 11.2 Å². The molecule has 0 aliphatic carbocycles. The van der Waals surface area contributed by atoms with E-state index in [0.29, 0.717) is 0 Å². The fourth-order valence-electron chi connectivity index (χ4n) is 6.64. The summed E-state index contributed by atoms with van der Waals surface area (Å²) in [7, 11) is 0. The van der Waals surface area contributed by atoms with Crippen LogP contribution in [0.15, 0.2) is 162 Å². The Morgan fingerprint density at radius 3 is 1.98 bits per heavy atom. The van der Waals surface area contributed by atoms with Crippen molar-refractivity contribution in [1.29, 1.82) is 0 Å². The van der Waals surface area contributed by atoms with Crippen LogP contribution in [0.25, 0.3) is 65.4 Å². The topological polar surface area (TPSA) is 29.3 Å². The molecule has 206 valence electrons. The van der Waals surface area contributed by atoms with E-state index in [1.807, 2.05) is 12.3 Å². The van der Waals surface area contributed by atoms with Gasteiger partial charge in [-0.3, -0.25) is 4.98 Å². The lowest BCUT2D eigenvalue weighted by Gasteiger charge is -2.28. The second kappa shape index (κ2) is 9.82. The highest BCUT2D eigenvalue weighted by atomic mass is 16.3. The van der Waals surface area contributed by atoms with Gasteiger partial charge < -0.3 is 9.32 Å². The second-order valence-corrected chi connectivity index (χ2v) is 11.2. The summed E-state index contributed by atoms with van der Waals surface area (Å²) in [6.07, 6.45) is 3.67. The number of aromatic nitrogens is 1. The first-order valence-corrected chi connectivity index (χ1v) is 14.9. The normalized spacial score (nSPS) is 11.6. The standard InChI is InChI=1S/C41H26N2O/c1-2-8-27(9-3-1)28-14-17-31(18-15-28)43(32-19-21-39-36(25-32)37-26-42-23-22-40(37)44-39)38-24-30-11-5-7-13-34(30)41-33-12-6-4-10-29(33)16-20-35(38)41/h1-26H. The SMILES string of the molecule is c1ccc(-c2ccc(N(c3ccc4oc5ccncc5c4c3)c3cc4ccccc4c4c3ccc3ccccc34)cc2)cc1. The average molecular weight is 563 g/mol. The molecule has 0 amide bonds. The van der Waals surface area contributed by atoms with E-state index in [1.54, 1.807) is 6.20 Å². The number of hydrogen-bond acceptors (Lipinski definition) is 3. The van der Waals surface area contributed by atoms with Gasteiger partial charge in [-0.05, 0) is 80.5 Å². The van der Waals surface area contributed by atoms with Gasteiger partial charge in [-0.2, -0.15) is 0 Å². The zero-order valence-corrected chi connectivity index (χ0v) is 23.8. The van der Waals surface area contributed by atoms with E-state index in [9.17, 15) is 0 Å². The predicted octanol–water partition coefficient (Wildman–Crippen LogP) is 11.6. The van der Waals surface area contributed by atoms with E-state index in [0.717, 1.165) is 39.0 Å². The van der Waals surface area contributed by atoms with Crippen molar-refractivity contribution in [3.63, 3.8) is 0 Å². The third-order valence-corrected chi connectivity index (χ3v) is 8.71. The quantitative estimate of drug-likeness (QED) is 0.200. The van der Waals surface area contributed by atoms with E-state index < -0.39 is 0 Å². The first kappa shape index (κ1) is 24.6. The molecule has 3 nitrogen and oxygen atoms in total. The molecule has 0 fully saturated rings. The monoisotopic (exact) mass is 562 g/mol. The highest BCUT2D eigenvalue weighted by molar-refractivity contribution is 6.24. The Labute approximate surface area is 254 Å². The van der Waals surface area contributed by atoms with Gasteiger partial charge in [-0.15, -0.1) is 0 Å². The minimum atomic E-state index is 0.841. The third-order valence-electron chi connectivity index (χ3n) is 8.71. The summed E-state index contributed by atoms with van der Waals surface area (Å²) in [6.45, 7) is 0. The molecule has 0 saturated carbocycles. The van der Waals surface area contributed by atoms with Gasteiger partial charge in [0.15, 0.2) is 0 Å². The van der Waals surface area contributed by atoms with Gasteiger partial charge in [0.25, 0.3) is 0 Å². The maximum atomic E-state index is 6.18. The van der Waals surface area contributed by atoms with Gasteiger partial charge in [0.2, 0.25) is 0 Å². The maximum Gasteiger partial charge on any atom is 0.138 e. The lowest BCUT2D eigenvalue weighted by molar-refractivity contribution is 0.668. The molecule has 2 heterocycles. The minimum absolute atomic E-state index is 0.841. The van der Waals surface area contributed by atoms with Crippen LogP contribution in [0.2, 0.25) is 0 Å². The molecule has 0 aliphatic rings. The Morgan fingerprint density at radius 2 is 1.14 bits per heavy atom. The van der Waals surface area contributed by atoms with Gasteiger partial charge in [-0.25, -0.2) is 0 Å². The van der Waals surface area contributed by atoms with Crippen molar-refractivity contribution in [1.82, 2.24) is 4.98 Å². The number of fused-ring (bicyclic) bond motifs is 8. The van der Waals surface area contributed by atoms with Crippen molar-refractivity contribution >= 4 is 71.3 Å². The van der Waals surface area contributed by atoms with Crippen LogP contribution in [-0.4, -0.2) is 4.98 Å². The average Bonchev–Trinajstić information content (AvgIpc) is 3.47. The van der Waals surface area contributed by atoms with Crippen LogP contribution in [0.4, 0.5) is 17.1 Å². The van der Waals surface area contributed by atoms with Crippen LogP contribution >= 0.6 is 0 Å². The van der Waals surface area contributed by atoms with Gasteiger partial charge in [-0.1, -0.05) is 103 Å². The van der Waals surface area contributed by atoms with Crippen molar-refractivity contribution in [3.05, 3.63) is 158 Å². The van der Waals surface area contributed by atoms with E-state index >= 15 is 0 Å². The van der Waals surface area contributed by atoms with E-state index in [-0.39, 0.29) is 0 Å². The van der Waals surface area contributed by atoms with Crippen molar-refractivity contribution in [2.45, 2.75) is 0 Å². The van der Waals surface area contributed by atoms with E-state index in [1.165, 1.54) is 43.4 Å². The summed E-state index contributed by atoms with van der Waals surface area (Å²) >= 11 is 0. The van der Waals surface area contributed by atoms with Crippen LogP contribution in [0, 0.1) is 0 Å². The molecular weight excluding hydrogens is 536 g/mol. The number of hydrogen-bond donors (Lipinski definition) is 0. The Morgan fingerprint density at radius 1 is 0.455 bits per heavy atom. The maximum absolute atomic E-state index is 6.18. The number of nitrogens with zero attached hydrogens (tertiary/aromatic N) is 2. The van der Waals surface area contributed by atoms with Crippen LogP contribution in [0.5, 0.6) is 0 Å². The van der Waals surface area contributed by atoms with Gasteiger partial charge in [0.05, 0.1) is 5.69 Å². The summed E-state index contributed by atoms with van der Waals surface area (Å²) in [6, 6.07) is 52.1. The molecule has 0 bridgehead atoms. The summed E-state index contributed by atoms with van der Waals surface area (Å²) < 4.78 is 6.18. The minimum Gasteiger partial charge on any atom is -0.456 e. The lowest BCUT2D eigenvalue weighted by atomic mass is 9.94. The van der Waals surface area contributed by atoms with Crippen LogP contribution in [0.1, 0.15) is 0 Å². The Bertz CT molecular complexity index is 2480. The summed E-state index contributed by atoms with van der Waals surface area (Å²) in [5.74, 6) is 0. The molecule has 0 unspecified atom stereocenters. The number of anilines is 3. The Kier molecular flexibility index (Phi) is 5.50. The molecule has 2 aromatic heterocycles. The first-order chi connectivity index (χ1) is 21.8. The van der Waals surface area contributed by atoms with Crippen LogP contribution in [-0.2, 0) is 0 Å². The highest BCUT2D eigenvalue weighted by Crippen LogP contribution is 2.45. The largest absolute Gasteiger partial charge is 0.456 e. The van der Waals surface area contributed by atoms with Crippen molar-refractivity contribution < 1.29 is 4.42 Å². The molecule has 0 spiro atoms. The zero-order chi connectivity index (χ0) is 29.0. The molecule has 0 atom stereocenters. The van der Waals surface area contributed by atoms with E-state index in [4.69, 9.17) is 4.42 Å². The molecule has 0 aliphatic heterocycles. The number of rotatable bonds is 4.